The maximum atomic E-state index is 11.0. The zero-order valence-corrected chi connectivity index (χ0v) is 12.8. The van der Waals surface area contributed by atoms with Gasteiger partial charge in [-0.25, -0.2) is 0 Å². The van der Waals surface area contributed by atoms with Gasteiger partial charge in [0, 0.05) is 43.2 Å². The van der Waals surface area contributed by atoms with Crippen molar-refractivity contribution in [1.29, 1.82) is 0 Å². The number of hydrogen-bond acceptors (Lipinski definition) is 5. The minimum Gasteiger partial charge on any atom is -0.380 e. The fourth-order valence-corrected chi connectivity index (χ4v) is 3.49. The summed E-state index contributed by atoms with van der Waals surface area (Å²) in [6.07, 6.45) is 0. The molecule has 1 N–H and O–H groups in total. The van der Waals surface area contributed by atoms with Crippen LogP contribution in [0.5, 0.6) is 0 Å². The summed E-state index contributed by atoms with van der Waals surface area (Å²) in [4.78, 5) is 13.1. The highest BCUT2D eigenvalue weighted by atomic mass is 32.2. The molecule has 0 aromatic heterocycles. The van der Waals surface area contributed by atoms with E-state index in [4.69, 9.17) is 0 Å². The van der Waals surface area contributed by atoms with E-state index in [0.29, 0.717) is 18.3 Å². The highest BCUT2D eigenvalue weighted by Crippen LogP contribution is 2.27. The molecule has 0 saturated carbocycles. The maximum absolute atomic E-state index is 11.0. The monoisotopic (exact) mass is 295 g/mol. The Morgan fingerprint density at radius 3 is 3.00 bits per heavy atom. The van der Waals surface area contributed by atoms with Crippen molar-refractivity contribution in [2.24, 2.45) is 0 Å². The number of anilines is 1. The van der Waals surface area contributed by atoms with E-state index >= 15 is 0 Å². The quantitative estimate of drug-likeness (QED) is 0.668. The van der Waals surface area contributed by atoms with Crippen LogP contribution in [0.1, 0.15) is 19.4 Å². The molecule has 110 valence electrons. The van der Waals surface area contributed by atoms with Gasteiger partial charge in [-0.05, 0) is 25.5 Å². The zero-order valence-electron chi connectivity index (χ0n) is 12.0. The third kappa shape index (κ3) is 3.64. The Morgan fingerprint density at radius 2 is 2.35 bits per heavy atom. The number of nitro groups is 1. The normalized spacial score (nSPS) is 19.8. The molecule has 0 amide bonds. The van der Waals surface area contributed by atoms with Gasteiger partial charge in [-0.2, -0.15) is 11.8 Å². The molecule has 1 aromatic carbocycles. The standard InChI is InChI=1S/C14H21N3O2S/c1-3-15-13-8-12(4-5-14(13)17(18)19)9-16-6-7-20-10-11(16)2/h4-5,8,11,15H,3,6-7,9-10H2,1-2H3. The number of nitrogens with zero attached hydrogens (tertiary/aromatic N) is 2. The Balaban J connectivity index is 2.15. The van der Waals surface area contributed by atoms with Crippen molar-refractivity contribution in [3.63, 3.8) is 0 Å². The molecular formula is C14H21N3O2S. The van der Waals surface area contributed by atoms with E-state index in [0.717, 1.165) is 30.2 Å². The molecule has 1 aliphatic heterocycles. The maximum Gasteiger partial charge on any atom is 0.292 e. The number of hydrogen-bond donors (Lipinski definition) is 1. The van der Waals surface area contributed by atoms with Gasteiger partial charge in [-0.1, -0.05) is 6.07 Å². The molecule has 1 fully saturated rings. The highest BCUT2D eigenvalue weighted by molar-refractivity contribution is 7.99. The number of rotatable bonds is 5. The molecule has 1 unspecified atom stereocenters. The van der Waals surface area contributed by atoms with E-state index < -0.39 is 0 Å². The first kappa shape index (κ1) is 15.1. The smallest absolute Gasteiger partial charge is 0.292 e. The Hall–Kier alpha value is -1.27. The first-order valence-corrected chi connectivity index (χ1v) is 8.10. The molecule has 0 bridgehead atoms. The zero-order chi connectivity index (χ0) is 14.5. The average molecular weight is 295 g/mol. The molecule has 1 heterocycles. The second kappa shape index (κ2) is 6.95. The number of benzene rings is 1. The van der Waals surface area contributed by atoms with Gasteiger partial charge in [-0.3, -0.25) is 15.0 Å². The molecule has 2 rings (SSSR count). The van der Waals surface area contributed by atoms with Crippen molar-refractivity contribution >= 4 is 23.1 Å². The van der Waals surface area contributed by atoms with Gasteiger partial charge in [0.1, 0.15) is 5.69 Å². The summed E-state index contributed by atoms with van der Waals surface area (Å²) >= 11 is 1.99. The van der Waals surface area contributed by atoms with Gasteiger partial charge in [0.15, 0.2) is 0 Å². The average Bonchev–Trinajstić information content (AvgIpc) is 2.42. The third-order valence-corrected chi connectivity index (χ3v) is 4.71. The van der Waals surface area contributed by atoms with Crippen molar-refractivity contribution < 1.29 is 4.92 Å². The van der Waals surface area contributed by atoms with Gasteiger partial charge < -0.3 is 5.32 Å². The fourth-order valence-electron chi connectivity index (χ4n) is 2.40. The number of thioether (sulfide) groups is 1. The third-order valence-electron chi connectivity index (χ3n) is 3.52. The molecule has 1 aliphatic rings. The second-order valence-corrected chi connectivity index (χ2v) is 6.18. The summed E-state index contributed by atoms with van der Waals surface area (Å²) in [7, 11) is 0. The Morgan fingerprint density at radius 1 is 1.55 bits per heavy atom. The molecule has 0 radical (unpaired) electrons. The lowest BCUT2D eigenvalue weighted by Crippen LogP contribution is -2.39. The second-order valence-electron chi connectivity index (χ2n) is 5.03. The van der Waals surface area contributed by atoms with E-state index in [2.05, 4.69) is 17.1 Å². The Kier molecular flexibility index (Phi) is 5.25. The minimum atomic E-state index is -0.331. The van der Waals surface area contributed by atoms with Gasteiger partial charge in [0.05, 0.1) is 4.92 Å². The van der Waals surface area contributed by atoms with Crippen LogP contribution in [0.25, 0.3) is 0 Å². The van der Waals surface area contributed by atoms with Gasteiger partial charge in [0.25, 0.3) is 5.69 Å². The summed E-state index contributed by atoms with van der Waals surface area (Å²) < 4.78 is 0. The van der Waals surface area contributed by atoms with E-state index in [-0.39, 0.29) is 10.6 Å². The van der Waals surface area contributed by atoms with Crippen molar-refractivity contribution in [3.05, 3.63) is 33.9 Å². The lowest BCUT2D eigenvalue weighted by atomic mass is 10.1. The molecule has 1 atom stereocenters. The van der Waals surface area contributed by atoms with Crippen LogP contribution >= 0.6 is 11.8 Å². The highest BCUT2D eigenvalue weighted by Gasteiger charge is 2.20. The number of nitro benzene ring substituents is 1. The van der Waals surface area contributed by atoms with Crippen LogP contribution in [0, 0.1) is 10.1 Å². The van der Waals surface area contributed by atoms with Crippen LogP contribution in [0.4, 0.5) is 11.4 Å². The molecule has 20 heavy (non-hydrogen) atoms. The molecule has 6 heteroatoms. The SMILES string of the molecule is CCNc1cc(CN2CCSCC2C)ccc1[N+](=O)[O-]. The molecule has 0 aliphatic carbocycles. The lowest BCUT2D eigenvalue weighted by molar-refractivity contribution is -0.384. The first-order chi connectivity index (χ1) is 9.61. The van der Waals surface area contributed by atoms with Crippen LogP contribution in [-0.4, -0.2) is 40.5 Å². The molecule has 1 saturated heterocycles. The van der Waals surface area contributed by atoms with Crippen molar-refractivity contribution in [3.8, 4) is 0 Å². The van der Waals surface area contributed by atoms with E-state index in [1.165, 1.54) is 0 Å². The largest absolute Gasteiger partial charge is 0.380 e. The van der Waals surface area contributed by atoms with Crippen molar-refractivity contribution in [2.75, 3.05) is 29.9 Å². The Bertz CT molecular complexity index is 481. The molecule has 1 aromatic rings. The van der Waals surface area contributed by atoms with Gasteiger partial charge in [-0.15, -0.1) is 0 Å². The summed E-state index contributed by atoms with van der Waals surface area (Å²) in [6.45, 7) is 6.81. The predicted molar refractivity (Wildman–Crippen MR) is 84.5 cm³/mol. The molecular weight excluding hydrogens is 274 g/mol. The summed E-state index contributed by atoms with van der Waals surface area (Å²) in [5, 5.41) is 14.1. The van der Waals surface area contributed by atoms with Gasteiger partial charge in [0.2, 0.25) is 0 Å². The number of nitrogens with one attached hydrogen (secondary N) is 1. The topological polar surface area (TPSA) is 58.4 Å². The Labute approximate surface area is 123 Å². The van der Waals surface area contributed by atoms with Crippen molar-refractivity contribution in [1.82, 2.24) is 4.90 Å². The lowest BCUT2D eigenvalue weighted by Gasteiger charge is -2.33. The van der Waals surface area contributed by atoms with Crippen LogP contribution in [0.15, 0.2) is 18.2 Å². The minimum absolute atomic E-state index is 0.151. The summed E-state index contributed by atoms with van der Waals surface area (Å²) in [5.41, 5.74) is 1.90. The van der Waals surface area contributed by atoms with Crippen LogP contribution in [0.3, 0.4) is 0 Å². The summed E-state index contributed by atoms with van der Waals surface area (Å²) in [6, 6.07) is 5.95. The van der Waals surface area contributed by atoms with Crippen molar-refractivity contribution in [2.45, 2.75) is 26.4 Å². The summed E-state index contributed by atoms with van der Waals surface area (Å²) in [5.74, 6) is 2.32. The van der Waals surface area contributed by atoms with E-state index in [1.54, 1.807) is 6.07 Å². The first-order valence-electron chi connectivity index (χ1n) is 6.94. The predicted octanol–water partition coefficient (Wildman–Crippen LogP) is 2.96. The fraction of sp³-hybridized carbons (Fsp3) is 0.571. The van der Waals surface area contributed by atoms with E-state index in [9.17, 15) is 10.1 Å². The van der Waals surface area contributed by atoms with E-state index in [1.807, 2.05) is 30.8 Å². The van der Waals surface area contributed by atoms with Crippen LogP contribution in [0.2, 0.25) is 0 Å². The molecule has 5 nitrogen and oxygen atoms in total. The van der Waals surface area contributed by atoms with Crippen LogP contribution < -0.4 is 5.32 Å². The van der Waals surface area contributed by atoms with Crippen LogP contribution in [-0.2, 0) is 6.54 Å². The van der Waals surface area contributed by atoms with Gasteiger partial charge >= 0.3 is 0 Å². The molecule has 0 spiro atoms.